The van der Waals surface area contributed by atoms with E-state index >= 15 is 0 Å². The lowest BCUT2D eigenvalue weighted by atomic mass is 9.89. The summed E-state index contributed by atoms with van der Waals surface area (Å²) < 4.78 is 5.29. The molecule has 2 aromatic rings. The molecule has 1 aliphatic carbocycles. The normalized spacial score (nSPS) is 13.7. The minimum absolute atomic E-state index is 0.228. The molecule has 0 saturated carbocycles. The Hall–Kier alpha value is -2.42. The lowest BCUT2D eigenvalue weighted by molar-refractivity contribution is -0.118. The van der Waals surface area contributed by atoms with Gasteiger partial charge in [-0.2, -0.15) is 0 Å². The van der Waals surface area contributed by atoms with E-state index in [1.165, 1.54) is 0 Å². The third-order valence-electron chi connectivity index (χ3n) is 3.46. The van der Waals surface area contributed by atoms with Crippen molar-refractivity contribution in [3.63, 3.8) is 0 Å². The number of aryl methyl sites for hydroxylation is 1. The van der Waals surface area contributed by atoms with E-state index in [2.05, 4.69) is 0 Å². The van der Waals surface area contributed by atoms with Gasteiger partial charge in [-0.15, -0.1) is 0 Å². The molecule has 0 radical (unpaired) electrons. The molecule has 3 rings (SSSR count). The Bertz CT molecular complexity index is 659. The average molecular weight is 266 g/mol. The molecule has 0 N–H and O–H groups in total. The van der Waals surface area contributed by atoms with E-state index in [0.29, 0.717) is 24.2 Å². The summed E-state index contributed by atoms with van der Waals surface area (Å²) in [6, 6.07) is 14.4. The molecule has 0 heterocycles. The van der Waals surface area contributed by atoms with Gasteiger partial charge in [0.25, 0.3) is 0 Å². The number of hydrogen-bond acceptors (Lipinski definition) is 3. The maximum absolute atomic E-state index is 12.1. The van der Waals surface area contributed by atoms with Crippen LogP contribution in [0.15, 0.2) is 48.5 Å². The molecule has 0 aromatic heterocycles. The summed E-state index contributed by atoms with van der Waals surface area (Å²) in [5.41, 5.74) is 2.59. The number of Topliss-reactive ketones (excluding diaryl/α,β-unsaturated/α-hetero) is 1. The van der Waals surface area contributed by atoms with Crippen molar-refractivity contribution in [1.82, 2.24) is 0 Å². The van der Waals surface area contributed by atoms with Gasteiger partial charge >= 0.3 is 5.97 Å². The van der Waals surface area contributed by atoms with Crippen LogP contribution in [0.3, 0.4) is 0 Å². The molecule has 0 amide bonds. The fourth-order valence-electron chi connectivity index (χ4n) is 2.39. The first-order chi connectivity index (χ1) is 9.72. The minimum atomic E-state index is -0.392. The molecule has 100 valence electrons. The van der Waals surface area contributed by atoms with Crippen LogP contribution in [-0.4, -0.2) is 11.8 Å². The first kappa shape index (κ1) is 12.6. The van der Waals surface area contributed by atoms with Crippen LogP contribution in [0.5, 0.6) is 5.75 Å². The number of ketones is 1. The van der Waals surface area contributed by atoms with Crippen molar-refractivity contribution in [3.05, 3.63) is 65.2 Å². The molecule has 1 aliphatic rings. The Morgan fingerprint density at radius 3 is 2.55 bits per heavy atom. The zero-order valence-corrected chi connectivity index (χ0v) is 11.0. The van der Waals surface area contributed by atoms with Crippen LogP contribution in [0.25, 0.3) is 0 Å². The first-order valence-corrected chi connectivity index (χ1v) is 6.63. The van der Waals surface area contributed by atoms with Crippen molar-refractivity contribution in [3.8, 4) is 5.75 Å². The second-order valence-electron chi connectivity index (χ2n) is 4.90. The van der Waals surface area contributed by atoms with Crippen LogP contribution >= 0.6 is 0 Å². The number of benzene rings is 2. The monoisotopic (exact) mass is 266 g/mol. The molecule has 0 unspecified atom stereocenters. The second kappa shape index (κ2) is 5.29. The summed E-state index contributed by atoms with van der Waals surface area (Å²) in [4.78, 5) is 23.6. The fraction of sp³-hybridized carbons (Fsp3) is 0.176. The highest BCUT2D eigenvalue weighted by atomic mass is 16.5. The minimum Gasteiger partial charge on any atom is -0.423 e. The second-order valence-corrected chi connectivity index (χ2v) is 4.90. The van der Waals surface area contributed by atoms with E-state index in [1.54, 1.807) is 24.3 Å². The summed E-state index contributed by atoms with van der Waals surface area (Å²) in [6.07, 6.45) is 1.78. The van der Waals surface area contributed by atoms with Crippen molar-refractivity contribution in [1.29, 1.82) is 0 Å². The number of esters is 1. The predicted octanol–water partition coefficient (Wildman–Crippen LogP) is 2.96. The largest absolute Gasteiger partial charge is 0.423 e. The Balaban J connectivity index is 1.82. The van der Waals surface area contributed by atoms with Crippen molar-refractivity contribution in [2.75, 3.05) is 0 Å². The van der Waals surface area contributed by atoms with Gasteiger partial charge in [0, 0.05) is 12.8 Å². The van der Waals surface area contributed by atoms with E-state index in [-0.39, 0.29) is 5.78 Å². The Morgan fingerprint density at radius 2 is 1.75 bits per heavy atom. The maximum Gasteiger partial charge on any atom is 0.343 e. The molecule has 3 heteroatoms. The molecular formula is C17H14O3. The number of rotatable bonds is 2. The van der Waals surface area contributed by atoms with E-state index in [9.17, 15) is 9.59 Å². The third kappa shape index (κ3) is 2.62. The summed E-state index contributed by atoms with van der Waals surface area (Å²) in [6.45, 7) is 0. The van der Waals surface area contributed by atoms with Gasteiger partial charge in [-0.3, -0.25) is 4.79 Å². The molecule has 0 saturated heterocycles. The van der Waals surface area contributed by atoms with E-state index in [0.717, 1.165) is 17.5 Å². The van der Waals surface area contributed by atoms with Crippen LogP contribution in [0.2, 0.25) is 0 Å². The van der Waals surface area contributed by atoms with Crippen LogP contribution in [0.4, 0.5) is 0 Å². The Morgan fingerprint density at radius 1 is 0.950 bits per heavy atom. The quantitative estimate of drug-likeness (QED) is 0.620. The molecule has 3 nitrogen and oxygen atoms in total. The van der Waals surface area contributed by atoms with Crippen LogP contribution in [0, 0.1) is 0 Å². The molecule has 0 bridgehead atoms. The zero-order valence-electron chi connectivity index (χ0n) is 11.0. The number of carbonyl (C=O) groups excluding carboxylic acids is 2. The van der Waals surface area contributed by atoms with E-state index in [4.69, 9.17) is 4.74 Å². The highest BCUT2D eigenvalue weighted by Gasteiger charge is 2.18. The summed E-state index contributed by atoms with van der Waals surface area (Å²) in [7, 11) is 0. The van der Waals surface area contributed by atoms with Gasteiger partial charge in [-0.05, 0) is 41.8 Å². The van der Waals surface area contributed by atoms with Gasteiger partial charge in [-0.1, -0.05) is 24.3 Å². The van der Waals surface area contributed by atoms with Crippen molar-refractivity contribution < 1.29 is 14.3 Å². The molecular weight excluding hydrogens is 252 g/mol. The van der Waals surface area contributed by atoms with Gasteiger partial charge in [0.15, 0.2) is 0 Å². The number of para-hydroxylation sites is 1. The zero-order chi connectivity index (χ0) is 13.9. The number of fused-ring (bicyclic) bond motifs is 1. The lowest BCUT2D eigenvalue weighted by Crippen LogP contribution is -2.15. The summed E-state index contributed by atoms with van der Waals surface area (Å²) >= 11 is 0. The van der Waals surface area contributed by atoms with Crippen LogP contribution in [0.1, 0.15) is 27.9 Å². The number of hydrogen-bond donors (Lipinski definition) is 0. The fourth-order valence-corrected chi connectivity index (χ4v) is 2.39. The number of carbonyl (C=O) groups is 2. The standard InChI is InChI=1S/C17H14O3/c18-15-9-8-12-6-7-13(10-14(12)11-15)17(19)20-16-4-2-1-3-5-16/h1-7,10H,8-9,11H2. The van der Waals surface area contributed by atoms with Crippen LogP contribution in [-0.2, 0) is 17.6 Å². The molecule has 0 spiro atoms. The highest BCUT2D eigenvalue weighted by molar-refractivity contribution is 5.92. The smallest absolute Gasteiger partial charge is 0.343 e. The topological polar surface area (TPSA) is 43.4 Å². The van der Waals surface area contributed by atoms with Crippen molar-refractivity contribution in [2.45, 2.75) is 19.3 Å². The van der Waals surface area contributed by atoms with Gasteiger partial charge in [0.05, 0.1) is 5.56 Å². The average Bonchev–Trinajstić information content (AvgIpc) is 2.47. The van der Waals surface area contributed by atoms with Gasteiger partial charge in [0.1, 0.15) is 11.5 Å². The third-order valence-corrected chi connectivity index (χ3v) is 3.46. The molecule has 0 aliphatic heterocycles. The molecule has 0 fully saturated rings. The van der Waals surface area contributed by atoms with Gasteiger partial charge in [-0.25, -0.2) is 4.79 Å². The summed E-state index contributed by atoms with van der Waals surface area (Å²) in [5.74, 6) is 0.356. The first-order valence-electron chi connectivity index (χ1n) is 6.63. The summed E-state index contributed by atoms with van der Waals surface area (Å²) in [5, 5.41) is 0. The van der Waals surface area contributed by atoms with E-state index < -0.39 is 5.97 Å². The van der Waals surface area contributed by atoms with Gasteiger partial charge in [0.2, 0.25) is 0 Å². The SMILES string of the molecule is O=C1CCc2ccc(C(=O)Oc3ccccc3)cc2C1. The predicted molar refractivity (Wildman–Crippen MR) is 74.9 cm³/mol. The van der Waals surface area contributed by atoms with Crippen molar-refractivity contribution >= 4 is 11.8 Å². The Labute approximate surface area is 117 Å². The molecule has 20 heavy (non-hydrogen) atoms. The molecule has 2 aromatic carbocycles. The lowest BCUT2D eigenvalue weighted by Gasteiger charge is -2.15. The molecule has 0 atom stereocenters. The maximum atomic E-state index is 12.1. The van der Waals surface area contributed by atoms with E-state index in [1.807, 2.05) is 24.3 Å². The van der Waals surface area contributed by atoms with Crippen molar-refractivity contribution in [2.24, 2.45) is 0 Å². The van der Waals surface area contributed by atoms with Gasteiger partial charge < -0.3 is 4.74 Å². The number of ether oxygens (including phenoxy) is 1. The highest BCUT2D eigenvalue weighted by Crippen LogP contribution is 2.21. The van der Waals surface area contributed by atoms with Crippen LogP contribution < -0.4 is 4.74 Å². The Kier molecular flexibility index (Phi) is 3.33.